The molecule has 12 heavy (non-hydrogen) atoms. The van der Waals surface area contributed by atoms with Crippen LogP contribution in [-0.2, 0) is 5.60 Å². The monoisotopic (exact) mass is 180 g/mol. The van der Waals surface area contributed by atoms with Crippen LogP contribution >= 0.6 is 11.3 Å². The number of hydrogen-bond donors (Lipinski definition) is 1. The van der Waals surface area contributed by atoms with Crippen LogP contribution in [-0.4, -0.2) is 5.11 Å². The second-order valence-electron chi connectivity index (χ2n) is 2.86. The fraction of sp³-hybridized carbons (Fsp3) is 0.400. The quantitative estimate of drug-likeness (QED) is 0.657. The van der Waals surface area contributed by atoms with Crippen LogP contribution in [0.25, 0.3) is 0 Å². The minimum Gasteiger partial charge on any atom is -0.373 e. The van der Waals surface area contributed by atoms with Crippen molar-refractivity contribution < 1.29 is 5.11 Å². The lowest BCUT2D eigenvalue weighted by Gasteiger charge is -2.13. The van der Waals surface area contributed by atoms with Crippen molar-refractivity contribution in [2.75, 3.05) is 0 Å². The molecule has 2 heteroatoms. The molecule has 0 spiro atoms. The molecule has 0 amide bonds. The largest absolute Gasteiger partial charge is 0.373 e. The molecule has 0 bridgehead atoms. The van der Waals surface area contributed by atoms with Crippen LogP contribution in [0.4, 0.5) is 0 Å². The first-order chi connectivity index (χ1) is 5.56. The second-order valence-corrected chi connectivity index (χ2v) is 4.15. The van der Waals surface area contributed by atoms with Crippen molar-refractivity contribution in [2.45, 2.75) is 26.4 Å². The van der Waals surface area contributed by atoms with Crippen LogP contribution in [0.2, 0.25) is 0 Å². The van der Waals surface area contributed by atoms with E-state index in [1.165, 1.54) is 4.88 Å². The van der Waals surface area contributed by atoms with Gasteiger partial charge in [0.15, 0.2) is 5.60 Å². The highest BCUT2D eigenvalue weighted by atomic mass is 32.1. The van der Waals surface area contributed by atoms with Crippen molar-refractivity contribution in [2.24, 2.45) is 0 Å². The van der Waals surface area contributed by atoms with Gasteiger partial charge in [-0.1, -0.05) is 5.92 Å². The maximum absolute atomic E-state index is 9.84. The highest BCUT2D eigenvalue weighted by molar-refractivity contribution is 7.12. The van der Waals surface area contributed by atoms with Gasteiger partial charge in [-0.05, 0) is 32.9 Å². The summed E-state index contributed by atoms with van der Waals surface area (Å²) >= 11 is 1.58. The number of aryl methyl sites for hydroxylation is 1. The van der Waals surface area contributed by atoms with Crippen LogP contribution in [0.5, 0.6) is 0 Å². The Morgan fingerprint density at radius 1 is 1.50 bits per heavy atom. The van der Waals surface area contributed by atoms with E-state index in [0.717, 1.165) is 4.88 Å². The maximum Gasteiger partial charge on any atom is 0.157 e. The molecule has 1 atom stereocenters. The fourth-order valence-electron chi connectivity index (χ4n) is 1.00. The van der Waals surface area contributed by atoms with E-state index in [0.29, 0.717) is 0 Å². The summed E-state index contributed by atoms with van der Waals surface area (Å²) in [5.41, 5.74) is -0.978. The molecule has 1 N–H and O–H groups in total. The Hall–Kier alpha value is -0.780. The molecule has 1 aromatic rings. The molecule has 1 nitrogen and oxygen atoms in total. The second kappa shape index (κ2) is 3.30. The summed E-state index contributed by atoms with van der Waals surface area (Å²) in [6.45, 7) is 5.47. The molecule has 0 fully saturated rings. The Morgan fingerprint density at radius 3 is 2.58 bits per heavy atom. The van der Waals surface area contributed by atoms with Crippen molar-refractivity contribution in [1.29, 1.82) is 0 Å². The molecular weight excluding hydrogens is 168 g/mol. The van der Waals surface area contributed by atoms with Gasteiger partial charge in [0.1, 0.15) is 0 Å². The molecule has 0 aromatic carbocycles. The lowest BCUT2D eigenvalue weighted by molar-refractivity contribution is 0.126. The lowest BCUT2D eigenvalue weighted by Crippen LogP contribution is -2.16. The third-order valence-corrected chi connectivity index (χ3v) is 2.80. The van der Waals surface area contributed by atoms with Crippen LogP contribution < -0.4 is 0 Å². The van der Waals surface area contributed by atoms with E-state index in [-0.39, 0.29) is 0 Å². The van der Waals surface area contributed by atoms with Crippen LogP contribution in [0.3, 0.4) is 0 Å². The third-order valence-electron chi connectivity index (χ3n) is 1.59. The molecule has 0 saturated heterocycles. The first-order valence-electron chi connectivity index (χ1n) is 3.79. The maximum atomic E-state index is 9.84. The Kier molecular flexibility index (Phi) is 2.56. The van der Waals surface area contributed by atoms with Crippen molar-refractivity contribution in [3.63, 3.8) is 0 Å². The van der Waals surface area contributed by atoms with E-state index in [4.69, 9.17) is 0 Å². The van der Waals surface area contributed by atoms with Gasteiger partial charge in [0.2, 0.25) is 0 Å². The van der Waals surface area contributed by atoms with Gasteiger partial charge in [-0.2, -0.15) is 0 Å². The van der Waals surface area contributed by atoms with Crippen LogP contribution in [0, 0.1) is 18.8 Å². The molecule has 1 heterocycles. The average Bonchev–Trinajstić information content (AvgIpc) is 2.36. The Labute approximate surface area is 77.1 Å². The SMILES string of the molecule is CC#CC(C)(O)c1ccc(C)s1. The number of rotatable bonds is 1. The molecular formula is C10H12OS. The zero-order chi connectivity index (χ0) is 9.19. The molecule has 0 aliphatic heterocycles. The van der Waals surface area contributed by atoms with E-state index in [9.17, 15) is 5.11 Å². The molecule has 1 rings (SSSR count). The predicted molar refractivity (Wildman–Crippen MR) is 52.1 cm³/mol. The van der Waals surface area contributed by atoms with Crippen molar-refractivity contribution >= 4 is 11.3 Å². The van der Waals surface area contributed by atoms with E-state index in [1.54, 1.807) is 25.2 Å². The minimum atomic E-state index is -0.978. The Morgan fingerprint density at radius 2 is 2.17 bits per heavy atom. The van der Waals surface area contributed by atoms with Crippen molar-refractivity contribution in [3.8, 4) is 11.8 Å². The molecule has 1 aromatic heterocycles. The van der Waals surface area contributed by atoms with E-state index >= 15 is 0 Å². The minimum absolute atomic E-state index is 0.911. The molecule has 0 radical (unpaired) electrons. The summed E-state index contributed by atoms with van der Waals surface area (Å²) in [5.74, 6) is 5.49. The first kappa shape index (κ1) is 9.31. The normalized spacial score (nSPS) is 14.7. The summed E-state index contributed by atoms with van der Waals surface area (Å²) in [4.78, 5) is 2.11. The smallest absolute Gasteiger partial charge is 0.157 e. The Balaban J connectivity index is 3.02. The first-order valence-corrected chi connectivity index (χ1v) is 4.61. The highest BCUT2D eigenvalue weighted by Crippen LogP contribution is 2.26. The van der Waals surface area contributed by atoms with Gasteiger partial charge in [0.05, 0.1) is 0 Å². The summed E-state index contributed by atoms with van der Waals surface area (Å²) in [7, 11) is 0. The molecule has 1 unspecified atom stereocenters. The van der Waals surface area contributed by atoms with E-state index < -0.39 is 5.60 Å². The van der Waals surface area contributed by atoms with E-state index in [1.807, 2.05) is 19.1 Å². The average molecular weight is 180 g/mol. The van der Waals surface area contributed by atoms with Gasteiger partial charge in [0, 0.05) is 9.75 Å². The van der Waals surface area contributed by atoms with E-state index in [2.05, 4.69) is 11.8 Å². The number of aliphatic hydroxyl groups is 1. The van der Waals surface area contributed by atoms with Crippen LogP contribution in [0.15, 0.2) is 12.1 Å². The van der Waals surface area contributed by atoms with Crippen LogP contribution in [0.1, 0.15) is 23.6 Å². The lowest BCUT2D eigenvalue weighted by atomic mass is 10.1. The zero-order valence-electron chi connectivity index (χ0n) is 7.51. The Bertz CT molecular complexity index is 325. The zero-order valence-corrected chi connectivity index (χ0v) is 8.33. The summed E-state index contributed by atoms with van der Waals surface area (Å²) in [5, 5.41) is 9.84. The topological polar surface area (TPSA) is 20.2 Å². The summed E-state index contributed by atoms with van der Waals surface area (Å²) in [6, 6.07) is 3.91. The molecule has 0 saturated carbocycles. The predicted octanol–water partition coefficient (Wildman–Crippen LogP) is 2.29. The summed E-state index contributed by atoms with van der Waals surface area (Å²) < 4.78 is 0. The van der Waals surface area contributed by atoms with Gasteiger partial charge in [-0.3, -0.25) is 0 Å². The summed E-state index contributed by atoms with van der Waals surface area (Å²) in [6.07, 6.45) is 0. The molecule has 0 aliphatic carbocycles. The third kappa shape index (κ3) is 1.88. The standard InChI is InChI=1S/C10H12OS/c1-4-7-10(3,11)9-6-5-8(2)12-9/h5-6,11H,1-3H3. The van der Waals surface area contributed by atoms with Gasteiger partial charge in [0.25, 0.3) is 0 Å². The number of thiophene rings is 1. The van der Waals surface area contributed by atoms with Crippen molar-refractivity contribution in [1.82, 2.24) is 0 Å². The molecule has 0 aliphatic rings. The van der Waals surface area contributed by atoms with Crippen molar-refractivity contribution in [3.05, 3.63) is 21.9 Å². The molecule has 64 valence electrons. The van der Waals surface area contributed by atoms with Gasteiger partial charge >= 0.3 is 0 Å². The van der Waals surface area contributed by atoms with Gasteiger partial charge < -0.3 is 5.11 Å². The van der Waals surface area contributed by atoms with Gasteiger partial charge in [-0.25, -0.2) is 0 Å². The highest BCUT2D eigenvalue weighted by Gasteiger charge is 2.21. The van der Waals surface area contributed by atoms with Gasteiger partial charge in [-0.15, -0.1) is 17.3 Å². The fourth-order valence-corrected chi connectivity index (χ4v) is 1.87. The number of hydrogen-bond acceptors (Lipinski definition) is 2.